The summed E-state index contributed by atoms with van der Waals surface area (Å²) in [5, 5.41) is 7.73. The van der Waals surface area contributed by atoms with E-state index in [4.69, 9.17) is 11.6 Å². The Morgan fingerprint density at radius 1 is 1.24 bits per heavy atom. The SMILES string of the molecule is CC.Cn1nc(C2CC2)c2c1NCC(C)(C)SC2c1ccc(Cl)cc1C(F)(F)F. The van der Waals surface area contributed by atoms with Crippen LogP contribution in [-0.2, 0) is 13.2 Å². The van der Waals surface area contributed by atoms with E-state index >= 15 is 0 Å². The number of fused-ring (bicyclic) bond motifs is 1. The van der Waals surface area contributed by atoms with E-state index in [-0.39, 0.29) is 15.3 Å². The van der Waals surface area contributed by atoms with Crippen LogP contribution in [0.1, 0.15) is 74.1 Å². The van der Waals surface area contributed by atoms with Crippen molar-refractivity contribution in [2.45, 2.75) is 62.6 Å². The van der Waals surface area contributed by atoms with Crippen LogP contribution in [-0.4, -0.2) is 21.1 Å². The van der Waals surface area contributed by atoms with Gasteiger partial charge in [0.25, 0.3) is 0 Å². The van der Waals surface area contributed by atoms with Crippen molar-refractivity contribution >= 4 is 29.2 Å². The van der Waals surface area contributed by atoms with Crippen molar-refractivity contribution in [3.05, 3.63) is 45.6 Å². The second-order valence-electron chi connectivity index (χ2n) is 7.89. The van der Waals surface area contributed by atoms with Gasteiger partial charge in [0.2, 0.25) is 0 Å². The van der Waals surface area contributed by atoms with Gasteiger partial charge in [0.05, 0.1) is 16.5 Å². The van der Waals surface area contributed by atoms with E-state index in [9.17, 15) is 13.2 Å². The molecule has 0 spiro atoms. The molecule has 1 saturated carbocycles. The lowest BCUT2D eigenvalue weighted by molar-refractivity contribution is -0.138. The van der Waals surface area contributed by atoms with Crippen molar-refractivity contribution < 1.29 is 13.2 Å². The molecule has 0 bridgehead atoms. The summed E-state index contributed by atoms with van der Waals surface area (Å²) in [6, 6.07) is 4.11. The molecule has 0 radical (unpaired) electrons. The zero-order chi connectivity index (χ0) is 21.6. The first-order valence-electron chi connectivity index (χ1n) is 9.92. The number of aromatic nitrogens is 2. The predicted octanol–water partition coefficient (Wildman–Crippen LogP) is 7.02. The molecule has 0 amide bonds. The summed E-state index contributed by atoms with van der Waals surface area (Å²) in [6.07, 6.45) is -2.39. The van der Waals surface area contributed by atoms with Gasteiger partial charge in [-0.05, 0) is 44.4 Å². The lowest BCUT2D eigenvalue weighted by atomic mass is 9.97. The van der Waals surface area contributed by atoms with Crippen LogP contribution < -0.4 is 5.32 Å². The van der Waals surface area contributed by atoms with Gasteiger partial charge in [-0.25, -0.2) is 0 Å². The minimum absolute atomic E-state index is 0.0934. The summed E-state index contributed by atoms with van der Waals surface area (Å²) < 4.78 is 43.0. The summed E-state index contributed by atoms with van der Waals surface area (Å²) in [5.74, 6) is 1.16. The van der Waals surface area contributed by atoms with Crippen LogP contribution in [0, 0.1) is 0 Å². The van der Waals surface area contributed by atoms with Crippen molar-refractivity contribution in [2.24, 2.45) is 7.05 Å². The fourth-order valence-corrected chi connectivity index (χ4v) is 5.27. The van der Waals surface area contributed by atoms with Gasteiger partial charge >= 0.3 is 6.18 Å². The van der Waals surface area contributed by atoms with E-state index in [0.29, 0.717) is 12.5 Å². The van der Waals surface area contributed by atoms with Gasteiger partial charge in [0.15, 0.2) is 0 Å². The molecule has 1 fully saturated rings. The maximum absolute atomic E-state index is 13.8. The first-order valence-corrected chi connectivity index (χ1v) is 11.2. The molecule has 160 valence electrons. The molecule has 1 aromatic carbocycles. The molecule has 8 heteroatoms. The summed E-state index contributed by atoms with van der Waals surface area (Å²) in [4.78, 5) is 0. The van der Waals surface area contributed by atoms with Gasteiger partial charge in [-0.15, -0.1) is 11.8 Å². The molecule has 1 aliphatic heterocycles. The van der Waals surface area contributed by atoms with E-state index in [1.54, 1.807) is 22.5 Å². The molecule has 0 saturated heterocycles. The summed E-state index contributed by atoms with van der Waals surface area (Å²) in [5.41, 5.74) is 1.41. The number of nitrogens with zero attached hydrogens (tertiary/aromatic N) is 2. The highest BCUT2D eigenvalue weighted by molar-refractivity contribution is 8.01. The van der Waals surface area contributed by atoms with Crippen LogP contribution in [0.25, 0.3) is 0 Å². The number of halogens is 4. The second-order valence-corrected chi connectivity index (χ2v) is 10.1. The molecule has 2 aromatic rings. The number of hydrogen-bond acceptors (Lipinski definition) is 3. The van der Waals surface area contributed by atoms with E-state index < -0.39 is 17.0 Å². The largest absolute Gasteiger partial charge is 0.416 e. The fraction of sp³-hybridized carbons (Fsp3) is 0.571. The van der Waals surface area contributed by atoms with E-state index in [1.165, 1.54) is 6.07 Å². The van der Waals surface area contributed by atoms with E-state index in [0.717, 1.165) is 36.0 Å². The molecular formula is C21H27ClF3N3S. The van der Waals surface area contributed by atoms with Gasteiger partial charge < -0.3 is 5.32 Å². The number of benzene rings is 1. The van der Waals surface area contributed by atoms with Gasteiger partial charge in [0.1, 0.15) is 5.82 Å². The average Bonchev–Trinajstić information content (AvgIpc) is 3.44. The number of anilines is 1. The summed E-state index contributed by atoms with van der Waals surface area (Å²) in [6.45, 7) is 8.76. The Labute approximate surface area is 179 Å². The van der Waals surface area contributed by atoms with Crippen molar-refractivity contribution in [3.8, 4) is 0 Å². The zero-order valence-corrected chi connectivity index (χ0v) is 18.9. The molecule has 2 heterocycles. The minimum Gasteiger partial charge on any atom is -0.369 e. The van der Waals surface area contributed by atoms with Gasteiger partial charge in [-0.2, -0.15) is 18.3 Å². The highest BCUT2D eigenvalue weighted by Gasteiger charge is 2.43. The maximum atomic E-state index is 13.8. The number of alkyl halides is 3. The van der Waals surface area contributed by atoms with Crippen LogP contribution in [0.15, 0.2) is 18.2 Å². The highest BCUT2D eigenvalue weighted by Crippen LogP contribution is 2.55. The molecule has 4 rings (SSSR count). The number of nitrogens with one attached hydrogen (secondary N) is 1. The van der Waals surface area contributed by atoms with Crippen molar-refractivity contribution in [2.75, 3.05) is 11.9 Å². The standard InChI is InChI=1S/C19H21ClF3N3S.C2H6/c1-18(2)9-24-17-14(15(10-4-5-10)25-26(17)3)16(27-18)12-7-6-11(20)8-13(12)19(21,22)23;1-2/h6-8,10,16,24H,4-5,9H2,1-3H3;1-2H3. The van der Waals surface area contributed by atoms with E-state index in [2.05, 4.69) is 24.3 Å². The Bertz CT molecular complexity index is 888. The average molecular weight is 446 g/mol. The zero-order valence-electron chi connectivity index (χ0n) is 17.3. The van der Waals surface area contributed by atoms with Crippen molar-refractivity contribution in [1.29, 1.82) is 0 Å². The highest BCUT2D eigenvalue weighted by atomic mass is 35.5. The van der Waals surface area contributed by atoms with Crippen LogP contribution >= 0.6 is 23.4 Å². The molecule has 1 aliphatic carbocycles. The lowest BCUT2D eigenvalue weighted by Gasteiger charge is -2.28. The Hall–Kier alpha value is -1.34. The lowest BCUT2D eigenvalue weighted by Crippen LogP contribution is -2.26. The molecule has 3 nitrogen and oxygen atoms in total. The minimum atomic E-state index is -4.47. The van der Waals surface area contributed by atoms with Crippen LogP contribution in [0.2, 0.25) is 5.02 Å². The van der Waals surface area contributed by atoms with Crippen LogP contribution in [0.5, 0.6) is 0 Å². The summed E-state index contributed by atoms with van der Waals surface area (Å²) in [7, 11) is 1.85. The Morgan fingerprint density at radius 2 is 1.90 bits per heavy atom. The fourth-order valence-electron chi connectivity index (χ4n) is 3.63. The number of hydrogen-bond donors (Lipinski definition) is 1. The third-order valence-corrected chi connectivity index (χ3v) is 6.80. The third kappa shape index (κ3) is 4.55. The quantitative estimate of drug-likeness (QED) is 0.538. The van der Waals surface area contributed by atoms with Gasteiger partial charge in [-0.1, -0.05) is 31.5 Å². The molecule has 1 unspecified atom stereocenters. The smallest absolute Gasteiger partial charge is 0.369 e. The summed E-state index contributed by atoms with van der Waals surface area (Å²) >= 11 is 7.47. The number of thioether (sulfide) groups is 1. The topological polar surface area (TPSA) is 29.9 Å². The molecule has 1 aromatic heterocycles. The predicted molar refractivity (Wildman–Crippen MR) is 115 cm³/mol. The van der Waals surface area contributed by atoms with Crippen molar-refractivity contribution in [3.63, 3.8) is 0 Å². The number of rotatable bonds is 2. The monoisotopic (exact) mass is 445 g/mol. The third-order valence-electron chi connectivity index (χ3n) is 5.06. The first-order chi connectivity index (χ1) is 13.6. The Balaban J connectivity index is 0.00000117. The molecule has 29 heavy (non-hydrogen) atoms. The van der Waals surface area contributed by atoms with Crippen LogP contribution in [0.4, 0.5) is 19.0 Å². The van der Waals surface area contributed by atoms with Gasteiger partial charge in [0, 0.05) is 34.8 Å². The molecule has 2 aliphatic rings. The molecular weight excluding hydrogens is 419 g/mol. The van der Waals surface area contributed by atoms with Gasteiger partial charge in [-0.3, -0.25) is 4.68 Å². The van der Waals surface area contributed by atoms with Crippen LogP contribution in [0.3, 0.4) is 0 Å². The molecule has 1 atom stereocenters. The first kappa shape index (κ1) is 22.3. The maximum Gasteiger partial charge on any atom is 0.416 e. The Morgan fingerprint density at radius 3 is 2.48 bits per heavy atom. The van der Waals surface area contributed by atoms with Crippen molar-refractivity contribution in [1.82, 2.24) is 9.78 Å². The van der Waals surface area contributed by atoms with E-state index in [1.807, 2.05) is 20.9 Å². The molecule has 1 N–H and O–H groups in total. The normalized spacial score (nSPS) is 20.8. The Kier molecular flexibility index (Phi) is 6.21. The second kappa shape index (κ2) is 8.06. The number of aryl methyl sites for hydroxylation is 1.